The molecule has 18 heavy (non-hydrogen) atoms. The summed E-state index contributed by atoms with van der Waals surface area (Å²) in [4.78, 5) is 2.21. The summed E-state index contributed by atoms with van der Waals surface area (Å²) in [6.45, 7) is 15.9. The number of hydrogen-bond donors (Lipinski definition) is 1. The minimum absolute atomic E-state index is 0.196. The van der Waals surface area contributed by atoms with E-state index in [1.54, 1.807) is 0 Å². The van der Waals surface area contributed by atoms with E-state index < -0.39 is 0 Å². The molecule has 1 N–H and O–H groups in total. The topological polar surface area (TPSA) is 23.5 Å². The lowest BCUT2D eigenvalue weighted by atomic mass is 10.2. The second-order valence-electron chi connectivity index (χ2n) is 3.96. The molecule has 2 nitrogen and oxygen atoms in total. The van der Waals surface area contributed by atoms with Crippen LogP contribution in [0.5, 0.6) is 0 Å². The van der Waals surface area contributed by atoms with Gasteiger partial charge in [0.1, 0.15) is 0 Å². The van der Waals surface area contributed by atoms with Crippen molar-refractivity contribution in [1.82, 2.24) is 4.90 Å². The van der Waals surface area contributed by atoms with Gasteiger partial charge in [-0.3, -0.25) is 0 Å². The molecule has 2 heteroatoms. The van der Waals surface area contributed by atoms with Crippen LogP contribution in [-0.2, 0) is 0 Å². The summed E-state index contributed by atoms with van der Waals surface area (Å²) in [7, 11) is 0. The Balaban J connectivity index is 0. The Kier molecular flexibility index (Phi) is 15.1. The summed E-state index contributed by atoms with van der Waals surface area (Å²) in [5, 5.41) is 9.05. The number of unbranched alkanes of at least 4 members (excludes halogenated alkanes) is 1. The highest BCUT2D eigenvalue weighted by Gasteiger charge is 2.04. The molecule has 0 aliphatic rings. The maximum absolute atomic E-state index is 9.05. The highest BCUT2D eigenvalue weighted by atomic mass is 16.3. The van der Waals surface area contributed by atoms with Gasteiger partial charge in [-0.1, -0.05) is 51.5 Å². The average molecular weight is 253 g/mol. The molecule has 0 aromatic carbocycles. The van der Waals surface area contributed by atoms with Crippen LogP contribution in [0, 0.1) is 0 Å². The van der Waals surface area contributed by atoms with Crippen molar-refractivity contribution in [1.29, 1.82) is 0 Å². The molecule has 0 aliphatic carbocycles. The first-order valence-corrected chi connectivity index (χ1v) is 7.01. The summed E-state index contributed by atoms with van der Waals surface area (Å²) < 4.78 is 0. The Morgan fingerprint density at radius 2 is 1.83 bits per heavy atom. The first-order chi connectivity index (χ1) is 8.65. The molecule has 0 radical (unpaired) electrons. The number of nitrogens with zero attached hydrogens (tertiary/aromatic N) is 1. The van der Waals surface area contributed by atoms with E-state index in [0.29, 0.717) is 6.54 Å². The molecule has 0 amide bonds. The standard InChI is InChI=1S/C14H25NO.C2H6/c1-5-7-10-15(11-12-16)14(6-2)9-8-13(3)4;1-2/h6,8-9,16H,3,5,7,10-12H2,1-2,4H3;1-2H3/b9-8-,14-6+;. The molecule has 0 bridgehead atoms. The van der Waals surface area contributed by atoms with E-state index in [1.165, 1.54) is 6.42 Å². The molecule has 0 saturated carbocycles. The summed E-state index contributed by atoms with van der Waals surface area (Å²) in [6, 6.07) is 0. The van der Waals surface area contributed by atoms with Gasteiger partial charge in [-0.25, -0.2) is 0 Å². The van der Waals surface area contributed by atoms with E-state index in [1.807, 2.05) is 33.8 Å². The first-order valence-electron chi connectivity index (χ1n) is 7.01. The third kappa shape index (κ3) is 10.2. The zero-order valence-electron chi connectivity index (χ0n) is 12.9. The van der Waals surface area contributed by atoms with Crippen molar-refractivity contribution in [2.75, 3.05) is 19.7 Å². The zero-order chi connectivity index (χ0) is 14.4. The maximum Gasteiger partial charge on any atom is 0.0606 e. The smallest absolute Gasteiger partial charge is 0.0606 e. The summed E-state index contributed by atoms with van der Waals surface area (Å²) in [5.74, 6) is 0. The predicted octanol–water partition coefficient (Wildman–Crippen LogP) is 4.14. The van der Waals surface area contributed by atoms with E-state index in [-0.39, 0.29) is 6.61 Å². The molecule has 0 fully saturated rings. The predicted molar refractivity (Wildman–Crippen MR) is 82.6 cm³/mol. The van der Waals surface area contributed by atoms with Gasteiger partial charge in [0.15, 0.2) is 0 Å². The number of rotatable bonds is 8. The monoisotopic (exact) mass is 253 g/mol. The first kappa shape index (κ1) is 19.3. The lowest BCUT2D eigenvalue weighted by molar-refractivity contribution is 0.228. The van der Waals surface area contributed by atoms with Gasteiger partial charge in [0.05, 0.1) is 6.61 Å². The van der Waals surface area contributed by atoms with Crippen molar-refractivity contribution in [2.24, 2.45) is 0 Å². The summed E-state index contributed by atoms with van der Waals surface area (Å²) in [6.07, 6.45) is 8.46. The van der Waals surface area contributed by atoms with Crippen molar-refractivity contribution >= 4 is 0 Å². The largest absolute Gasteiger partial charge is 0.395 e. The third-order valence-corrected chi connectivity index (χ3v) is 2.35. The van der Waals surface area contributed by atoms with Gasteiger partial charge < -0.3 is 10.0 Å². The average Bonchev–Trinajstić information content (AvgIpc) is 2.38. The molecule has 0 unspecified atom stereocenters. The Morgan fingerprint density at radius 1 is 1.22 bits per heavy atom. The van der Waals surface area contributed by atoms with Crippen LogP contribution in [0.4, 0.5) is 0 Å². The molecule has 106 valence electrons. The van der Waals surface area contributed by atoms with Crippen molar-refractivity contribution < 1.29 is 5.11 Å². The van der Waals surface area contributed by atoms with Gasteiger partial charge in [-0.15, -0.1) is 0 Å². The van der Waals surface area contributed by atoms with Gasteiger partial charge >= 0.3 is 0 Å². The molecule has 0 saturated heterocycles. The Hall–Kier alpha value is -1.02. The van der Waals surface area contributed by atoms with E-state index >= 15 is 0 Å². The van der Waals surface area contributed by atoms with Crippen LogP contribution in [0.1, 0.15) is 47.5 Å². The summed E-state index contributed by atoms with van der Waals surface area (Å²) >= 11 is 0. The van der Waals surface area contributed by atoms with Crippen LogP contribution in [0.3, 0.4) is 0 Å². The van der Waals surface area contributed by atoms with E-state index in [2.05, 4.69) is 30.6 Å². The molecule has 0 atom stereocenters. The fourth-order valence-electron chi connectivity index (χ4n) is 1.45. The summed E-state index contributed by atoms with van der Waals surface area (Å²) in [5.41, 5.74) is 2.20. The zero-order valence-corrected chi connectivity index (χ0v) is 12.9. The van der Waals surface area contributed by atoms with E-state index in [4.69, 9.17) is 5.11 Å². The second-order valence-corrected chi connectivity index (χ2v) is 3.96. The molecule has 0 aliphatic heterocycles. The molecule has 0 heterocycles. The molecule has 0 aromatic rings. The Bertz CT molecular complexity index is 254. The molecule has 0 aromatic heterocycles. The van der Waals surface area contributed by atoms with Crippen molar-refractivity contribution in [3.63, 3.8) is 0 Å². The van der Waals surface area contributed by atoms with Gasteiger partial charge in [-0.05, 0) is 26.3 Å². The molecule has 0 rings (SSSR count). The fourth-order valence-corrected chi connectivity index (χ4v) is 1.45. The maximum atomic E-state index is 9.05. The van der Waals surface area contributed by atoms with Crippen molar-refractivity contribution in [2.45, 2.75) is 47.5 Å². The van der Waals surface area contributed by atoms with Crippen molar-refractivity contribution in [3.8, 4) is 0 Å². The second kappa shape index (κ2) is 14.0. The van der Waals surface area contributed by atoms with Gasteiger partial charge in [0.2, 0.25) is 0 Å². The number of allylic oxidation sites excluding steroid dienone is 4. The highest BCUT2D eigenvalue weighted by Crippen LogP contribution is 2.09. The third-order valence-electron chi connectivity index (χ3n) is 2.35. The highest BCUT2D eigenvalue weighted by molar-refractivity contribution is 5.24. The number of aliphatic hydroxyl groups is 1. The van der Waals surface area contributed by atoms with Crippen molar-refractivity contribution in [3.05, 3.63) is 36.1 Å². The van der Waals surface area contributed by atoms with Crippen LogP contribution in [0.15, 0.2) is 36.1 Å². The van der Waals surface area contributed by atoms with Gasteiger partial charge in [0, 0.05) is 18.8 Å². The fraction of sp³-hybridized carbons (Fsp3) is 0.625. The lowest BCUT2D eigenvalue weighted by Gasteiger charge is -2.24. The number of aliphatic hydroxyl groups excluding tert-OH is 1. The van der Waals surface area contributed by atoms with Crippen LogP contribution in [0.2, 0.25) is 0 Å². The molecular formula is C16H31NO. The van der Waals surface area contributed by atoms with Gasteiger partial charge in [0.25, 0.3) is 0 Å². The Labute approximate surface area is 114 Å². The molecular weight excluding hydrogens is 222 g/mol. The quantitative estimate of drug-likeness (QED) is 0.657. The van der Waals surface area contributed by atoms with Crippen LogP contribution in [-0.4, -0.2) is 29.7 Å². The lowest BCUT2D eigenvalue weighted by Crippen LogP contribution is -2.26. The van der Waals surface area contributed by atoms with Gasteiger partial charge in [-0.2, -0.15) is 0 Å². The minimum atomic E-state index is 0.196. The molecule has 0 spiro atoms. The van der Waals surface area contributed by atoms with E-state index in [9.17, 15) is 0 Å². The normalized spacial score (nSPS) is 11.1. The Morgan fingerprint density at radius 3 is 2.22 bits per heavy atom. The van der Waals surface area contributed by atoms with E-state index in [0.717, 1.165) is 24.2 Å². The number of hydrogen-bond acceptors (Lipinski definition) is 2. The minimum Gasteiger partial charge on any atom is -0.395 e. The van der Waals surface area contributed by atoms with Crippen LogP contribution < -0.4 is 0 Å². The SMILES string of the molecule is C=C(C)/C=C\C(=C/C)N(CCO)CCCC.CC. The van der Waals surface area contributed by atoms with Crippen LogP contribution >= 0.6 is 0 Å². The van der Waals surface area contributed by atoms with Crippen LogP contribution in [0.25, 0.3) is 0 Å².